The molecule has 33 heavy (non-hydrogen) atoms. The molecule has 1 aliphatic heterocycles. The van der Waals surface area contributed by atoms with Gasteiger partial charge in [-0.25, -0.2) is 8.42 Å². The van der Waals surface area contributed by atoms with Crippen molar-refractivity contribution in [2.24, 2.45) is 5.92 Å². The Morgan fingerprint density at radius 3 is 2.18 bits per heavy atom. The maximum Gasteiger partial charge on any atom is 0.217 e. The third-order valence-electron chi connectivity index (χ3n) is 6.75. The number of carbonyl (C=O) groups excluding carboxylic acids is 1. The number of ether oxygens (including phenoxy) is 2. The molecule has 1 amide bonds. The number of sulfone groups is 1. The van der Waals surface area contributed by atoms with Crippen molar-refractivity contribution in [2.75, 3.05) is 20.0 Å². The fourth-order valence-corrected chi connectivity index (χ4v) is 7.98. The van der Waals surface area contributed by atoms with Gasteiger partial charge in [0.25, 0.3) is 0 Å². The van der Waals surface area contributed by atoms with Crippen LogP contribution in [0, 0.1) is 5.92 Å². The molecule has 176 valence electrons. The smallest absolute Gasteiger partial charge is 0.217 e. The van der Waals surface area contributed by atoms with Crippen LogP contribution in [-0.4, -0.2) is 56.3 Å². The first-order valence-electron chi connectivity index (χ1n) is 10.8. The Hall–Kier alpha value is -2.84. The molecule has 0 unspecified atom stereocenters. The predicted octanol–water partition coefficient (Wildman–Crippen LogP) is 2.55. The highest BCUT2D eigenvalue weighted by atomic mass is 32.2. The minimum Gasteiger partial charge on any atom is -0.497 e. The number of rotatable bonds is 6. The summed E-state index contributed by atoms with van der Waals surface area (Å²) in [6.07, 6.45) is 3.71. The predicted molar refractivity (Wildman–Crippen MR) is 126 cm³/mol. The summed E-state index contributed by atoms with van der Waals surface area (Å²) in [6.45, 7) is 1.36. The molecule has 2 aromatic carbocycles. The minimum absolute atomic E-state index is 0.187. The van der Waals surface area contributed by atoms with Crippen molar-refractivity contribution >= 4 is 21.8 Å². The zero-order valence-electron chi connectivity index (χ0n) is 18.9. The normalized spacial score (nSPS) is 30.2. The molecule has 5 atom stereocenters. The van der Waals surface area contributed by atoms with E-state index < -0.39 is 38.6 Å². The third kappa shape index (κ3) is 4.50. The van der Waals surface area contributed by atoms with Crippen LogP contribution in [0.25, 0.3) is 6.08 Å². The molecule has 1 saturated heterocycles. The van der Waals surface area contributed by atoms with Crippen molar-refractivity contribution in [2.45, 2.75) is 36.2 Å². The van der Waals surface area contributed by atoms with E-state index in [-0.39, 0.29) is 18.1 Å². The average Bonchev–Trinajstić information content (AvgIpc) is 3.25. The lowest BCUT2D eigenvalue weighted by Gasteiger charge is -2.30. The Bertz CT molecular complexity index is 1140. The second-order valence-corrected chi connectivity index (χ2v) is 11.0. The lowest BCUT2D eigenvalue weighted by atomic mass is 9.84. The summed E-state index contributed by atoms with van der Waals surface area (Å²) in [4.78, 5) is 11.8. The Morgan fingerprint density at radius 1 is 1.06 bits per heavy atom. The molecular weight excluding hydrogens is 442 g/mol. The van der Waals surface area contributed by atoms with Crippen LogP contribution in [0.4, 0.5) is 0 Å². The third-order valence-corrected chi connectivity index (χ3v) is 9.02. The van der Waals surface area contributed by atoms with E-state index in [2.05, 4.69) is 5.32 Å². The molecule has 1 heterocycles. The van der Waals surface area contributed by atoms with Crippen molar-refractivity contribution in [3.8, 4) is 11.5 Å². The molecule has 0 spiro atoms. The number of fused-ring (bicyclic) bond motifs is 1. The van der Waals surface area contributed by atoms with Gasteiger partial charge < -0.3 is 19.9 Å². The van der Waals surface area contributed by atoms with Gasteiger partial charge in [-0.3, -0.25) is 4.79 Å². The molecule has 1 saturated carbocycles. The molecule has 2 N–H and O–H groups in total. The lowest BCUT2D eigenvalue weighted by molar-refractivity contribution is -0.120. The molecule has 0 radical (unpaired) electrons. The molecule has 2 aliphatic rings. The van der Waals surface area contributed by atoms with Crippen LogP contribution in [-0.2, 0) is 14.6 Å². The van der Waals surface area contributed by atoms with Crippen molar-refractivity contribution < 1.29 is 27.8 Å². The topological polar surface area (TPSA) is 102 Å². The quantitative estimate of drug-likeness (QED) is 0.672. The van der Waals surface area contributed by atoms with Crippen LogP contribution >= 0.6 is 0 Å². The number of hydrogen-bond donors (Lipinski definition) is 2. The zero-order valence-corrected chi connectivity index (χ0v) is 19.7. The van der Waals surface area contributed by atoms with E-state index >= 15 is 0 Å². The van der Waals surface area contributed by atoms with Gasteiger partial charge in [-0.15, -0.1) is 0 Å². The van der Waals surface area contributed by atoms with Crippen LogP contribution in [0.1, 0.15) is 30.4 Å². The Balaban J connectivity index is 1.74. The second kappa shape index (κ2) is 8.83. The molecule has 2 aromatic rings. The highest BCUT2D eigenvalue weighted by molar-refractivity contribution is 7.92. The number of nitrogens with one attached hydrogen (secondary N) is 1. The summed E-state index contributed by atoms with van der Waals surface area (Å²) in [5, 5.41) is 13.8. The van der Waals surface area contributed by atoms with Crippen molar-refractivity contribution in [1.82, 2.24) is 5.32 Å². The summed E-state index contributed by atoms with van der Waals surface area (Å²) in [5.74, 6) is -0.173. The highest BCUT2D eigenvalue weighted by Gasteiger charge is 2.64. The zero-order chi connectivity index (χ0) is 23.8. The Morgan fingerprint density at radius 2 is 1.64 bits per heavy atom. The maximum absolute atomic E-state index is 13.2. The molecule has 4 rings (SSSR count). The van der Waals surface area contributed by atoms with Gasteiger partial charge in [0.15, 0.2) is 9.84 Å². The van der Waals surface area contributed by atoms with Gasteiger partial charge in [-0.2, -0.15) is 0 Å². The van der Waals surface area contributed by atoms with E-state index in [1.54, 1.807) is 38.5 Å². The van der Waals surface area contributed by atoms with E-state index in [0.717, 1.165) is 16.9 Å². The number of hydrogen-bond acceptors (Lipinski definition) is 6. The number of aliphatic hydroxyl groups is 1. The summed E-state index contributed by atoms with van der Waals surface area (Å²) in [5.41, 5.74) is 0.267. The first kappa shape index (κ1) is 23.3. The molecule has 2 fully saturated rings. The van der Waals surface area contributed by atoms with Crippen LogP contribution in [0.3, 0.4) is 0 Å². The lowest BCUT2D eigenvalue weighted by Crippen LogP contribution is -2.47. The van der Waals surface area contributed by atoms with Gasteiger partial charge in [0.1, 0.15) is 11.5 Å². The van der Waals surface area contributed by atoms with E-state index in [1.807, 2.05) is 36.4 Å². The monoisotopic (exact) mass is 471 g/mol. The molecule has 8 heteroatoms. The largest absolute Gasteiger partial charge is 0.497 e. The average molecular weight is 472 g/mol. The van der Waals surface area contributed by atoms with Crippen molar-refractivity contribution in [3.05, 3.63) is 65.7 Å². The van der Waals surface area contributed by atoms with E-state index in [1.165, 1.54) is 6.92 Å². The molecular formula is C25H29NO6S. The van der Waals surface area contributed by atoms with Gasteiger partial charge in [0.05, 0.1) is 30.8 Å². The van der Waals surface area contributed by atoms with Crippen LogP contribution in [0.2, 0.25) is 0 Å². The SMILES string of the molecule is COc1ccc(/C=C/[C@]2(O)C[C@H](c3ccc(OC)cc3)[C@@H]3[C@H]2[C@@H](NC(C)=O)CS3(=O)=O)cc1. The summed E-state index contributed by atoms with van der Waals surface area (Å²) >= 11 is 0. The highest BCUT2D eigenvalue weighted by Crippen LogP contribution is 2.54. The van der Waals surface area contributed by atoms with Gasteiger partial charge in [0.2, 0.25) is 5.91 Å². The number of methoxy groups -OCH3 is 2. The summed E-state index contributed by atoms with van der Waals surface area (Å²) < 4.78 is 36.9. The summed E-state index contributed by atoms with van der Waals surface area (Å²) in [7, 11) is -0.387. The Kier molecular flexibility index (Phi) is 6.24. The number of carbonyl (C=O) groups is 1. The minimum atomic E-state index is -3.55. The molecule has 7 nitrogen and oxygen atoms in total. The molecule has 0 aromatic heterocycles. The second-order valence-electron chi connectivity index (χ2n) is 8.81. The van der Waals surface area contributed by atoms with Crippen LogP contribution in [0.15, 0.2) is 54.6 Å². The van der Waals surface area contributed by atoms with Crippen LogP contribution < -0.4 is 14.8 Å². The molecule has 0 bridgehead atoms. The van der Waals surface area contributed by atoms with Gasteiger partial charge >= 0.3 is 0 Å². The van der Waals surface area contributed by atoms with Gasteiger partial charge in [-0.1, -0.05) is 36.4 Å². The fraction of sp³-hybridized carbons (Fsp3) is 0.400. The van der Waals surface area contributed by atoms with Crippen molar-refractivity contribution in [1.29, 1.82) is 0 Å². The standard InChI is InChI=1S/C25H29NO6S/c1-16(27)26-22-15-33(29,30)24-21(18-6-10-20(32-3)11-7-18)14-25(28,23(22)24)13-12-17-4-8-19(31-2)9-5-17/h4-13,21-24,28H,14-15H2,1-3H3,(H,26,27)/b13-12+/t21-,22+,23-,24-,25+/m1/s1. The fourth-order valence-electron chi connectivity index (χ4n) is 5.34. The van der Waals surface area contributed by atoms with E-state index in [4.69, 9.17) is 9.47 Å². The first-order valence-corrected chi connectivity index (χ1v) is 12.6. The maximum atomic E-state index is 13.2. The molecule has 1 aliphatic carbocycles. The van der Waals surface area contributed by atoms with E-state index in [9.17, 15) is 18.3 Å². The van der Waals surface area contributed by atoms with Crippen molar-refractivity contribution in [3.63, 3.8) is 0 Å². The number of amides is 1. The summed E-state index contributed by atoms with van der Waals surface area (Å²) in [6, 6.07) is 14.0. The Labute approximate surface area is 194 Å². The first-order chi connectivity index (χ1) is 15.7. The van der Waals surface area contributed by atoms with Gasteiger partial charge in [0, 0.05) is 24.8 Å². The number of benzene rings is 2. The van der Waals surface area contributed by atoms with E-state index in [0.29, 0.717) is 5.75 Å². The van der Waals surface area contributed by atoms with Gasteiger partial charge in [-0.05, 0) is 41.8 Å². The van der Waals surface area contributed by atoms with Crippen LogP contribution in [0.5, 0.6) is 11.5 Å².